The first kappa shape index (κ1) is 17.7. The average Bonchev–Trinajstić information content (AvgIpc) is 3.42. The lowest BCUT2D eigenvalue weighted by molar-refractivity contribution is -0.123. The Morgan fingerprint density at radius 1 is 1.00 bits per heavy atom. The van der Waals surface area contributed by atoms with Gasteiger partial charge in [0.15, 0.2) is 0 Å². The van der Waals surface area contributed by atoms with Crippen molar-refractivity contribution >= 4 is 29.1 Å². The Bertz CT molecular complexity index is 1030. The summed E-state index contributed by atoms with van der Waals surface area (Å²) in [4.78, 5) is 40.5. The lowest BCUT2D eigenvalue weighted by Crippen LogP contribution is -2.34. The first-order valence-corrected chi connectivity index (χ1v) is 9.69. The van der Waals surface area contributed by atoms with E-state index in [2.05, 4.69) is 17.5 Å². The first-order chi connectivity index (χ1) is 14.1. The van der Waals surface area contributed by atoms with Gasteiger partial charge in [-0.2, -0.15) is 0 Å². The highest BCUT2D eigenvalue weighted by atomic mass is 16.5. The Balaban J connectivity index is 1.46. The van der Waals surface area contributed by atoms with Crippen LogP contribution in [0.15, 0.2) is 60.7 Å². The van der Waals surface area contributed by atoms with Gasteiger partial charge in [-0.25, -0.2) is 4.90 Å². The van der Waals surface area contributed by atoms with Crippen LogP contribution < -0.4 is 15.0 Å². The summed E-state index contributed by atoms with van der Waals surface area (Å²) in [6.45, 7) is 0. The third-order valence-electron chi connectivity index (χ3n) is 6.19. The molecule has 1 N–H and O–H groups in total. The standard InChI is InChI=1S/C23H20N2O4/c1-29-16-6-4-5-15(12-16)24-21(26)17-7-2-3-8-18(17)25-22(27)19-13-9-10-14(11-13)20(19)23(25)28/h2-10,12-14,19-20H,11H2,1H3,(H,24,26)/t13-,14+,19-,20+. The molecule has 2 fully saturated rings. The molecule has 0 unspecified atom stereocenters. The van der Waals surface area contributed by atoms with Crippen molar-refractivity contribution in [1.82, 2.24) is 0 Å². The molecule has 0 radical (unpaired) electrons. The molecule has 3 amide bonds. The molecule has 29 heavy (non-hydrogen) atoms. The fraction of sp³-hybridized carbons (Fsp3) is 0.261. The van der Waals surface area contributed by atoms with Crippen LogP contribution >= 0.6 is 0 Å². The van der Waals surface area contributed by atoms with Gasteiger partial charge < -0.3 is 10.1 Å². The van der Waals surface area contributed by atoms with E-state index in [1.54, 1.807) is 55.6 Å². The van der Waals surface area contributed by atoms with Gasteiger partial charge in [0.25, 0.3) is 5.91 Å². The highest BCUT2D eigenvalue weighted by Crippen LogP contribution is 2.53. The Morgan fingerprint density at radius 3 is 2.38 bits per heavy atom. The van der Waals surface area contributed by atoms with Crippen LogP contribution in [0.25, 0.3) is 0 Å². The van der Waals surface area contributed by atoms with E-state index in [1.165, 1.54) is 4.90 Å². The maximum Gasteiger partial charge on any atom is 0.257 e. The van der Waals surface area contributed by atoms with Gasteiger partial charge in [0.1, 0.15) is 5.75 Å². The predicted molar refractivity (Wildman–Crippen MR) is 108 cm³/mol. The Labute approximate surface area is 168 Å². The second-order valence-electron chi connectivity index (χ2n) is 7.71. The van der Waals surface area contributed by atoms with E-state index in [0.717, 1.165) is 6.42 Å². The molecular formula is C23H20N2O4. The number of carbonyl (C=O) groups excluding carboxylic acids is 3. The smallest absolute Gasteiger partial charge is 0.257 e. The first-order valence-electron chi connectivity index (χ1n) is 9.69. The molecule has 5 rings (SSSR count). The fourth-order valence-corrected chi connectivity index (χ4v) is 4.90. The number of amides is 3. The molecule has 4 atom stereocenters. The predicted octanol–water partition coefficient (Wildman–Crippen LogP) is 3.26. The van der Waals surface area contributed by atoms with Gasteiger partial charge in [0, 0.05) is 11.8 Å². The molecule has 6 heteroatoms. The molecule has 2 aromatic carbocycles. The van der Waals surface area contributed by atoms with Gasteiger partial charge in [0.05, 0.1) is 30.2 Å². The topological polar surface area (TPSA) is 75.7 Å². The van der Waals surface area contributed by atoms with Gasteiger partial charge in [0.2, 0.25) is 11.8 Å². The molecule has 6 nitrogen and oxygen atoms in total. The minimum absolute atomic E-state index is 0.129. The minimum Gasteiger partial charge on any atom is -0.497 e. The molecule has 0 spiro atoms. The van der Waals surface area contributed by atoms with E-state index in [0.29, 0.717) is 17.1 Å². The molecule has 2 bridgehead atoms. The van der Waals surface area contributed by atoms with Crippen molar-refractivity contribution < 1.29 is 19.1 Å². The van der Waals surface area contributed by atoms with Crippen LogP contribution in [0.2, 0.25) is 0 Å². The van der Waals surface area contributed by atoms with Crippen LogP contribution in [0.5, 0.6) is 5.75 Å². The maximum absolute atomic E-state index is 13.1. The van der Waals surface area contributed by atoms with E-state index in [1.807, 2.05) is 0 Å². The number of nitrogens with one attached hydrogen (secondary N) is 1. The van der Waals surface area contributed by atoms with Crippen molar-refractivity contribution in [1.29, 1.82) is 0 Å². The summed E-state index contributed by atoms with van der Waals surface area (Å²) < 4.78 is 5.19. The van der Waals surface area contributed by atoms with Gasteiger partial charge in [-0.15, -0.1) is 0 Å². The van der Waals surface area contributed by atoms with Crippen LogP contribution in [-0.4, -0.2) is 24.8 Å². The second-order valence-corrected chi connectivity index (χ2v) is 7.71. The molecule has 1 saturated carbocycles. The van der Waals surface area contributed by atoms with Crippen molar-refractivity contribution in [3.05, 3.63) is 66.2 Å². The Hall–Kier alpha value is -3.41. The number of fused-ring (bicyclic) bond motifs is 5. The number of hydrogen-bond donors (Lipinski definition) is 1. The number of benzene rings is 2. The molecule has 1 heterocycles. The maximum atomic E-state index is 13.1. The van der Waals surface area contributed by atoms with E-state index < -0.39 is 0 Å². The molecule has 3 aliphatic rings. The van der Waals surface area contributed by atoms with Crippen LogP contribution in [0, 0.1) is 23.7 Å². The Morgan fingerprint density at radius 2 is 1.69 bits per heavy atom. The molecular weight excluding hydrogens is 368 g/mol. The number of para-hydroxylation sites is 1. The van der Waals surface area contributed by atoms with Gasteiger partial charge in [-0.1, -0.05) is 30.4 Å². The van der Waals surface area contributed by atoms with Crippen LogP contribution in [-0.2, 0) is 9.59 Å². The number of imide groups is 1. The number of allylic oxidation sites excluding steroid dienone is 2. The molecule has 2 aliphatic carbocycles. The molecule has 1 saturated heterocycles. The molecule has 0 aromatic heterocycles. The monoisotopic (exact) mass is 388 g/mol. The lowest BCUT2D eigenvalue weighted by Gasteiger charge is -2.20. The zero-order chi connectivity index (χ0) is 20.1. The van der Waals surface area contributed by atoms with Gasteiger partial charge in [-0.05, 0) is 42.5 Å². The van der Waals surface area contributed by atoms with Crippen LogP contribution in [0.1, 0.15) is 16.8 Å². The number of methoxy groups -OCH3 is 1. The van der Waals surface area contributed by atoms with Crippen molar-refractivity contribution in [2.75, 3.05) is 17.3 Å². The van der Waals surface area contributed by atoms with E-state index in [-0.39, 0.29) is 47.0 Å². The van der Waals surface area contributed by atoms with Gasteiger partial charge in [-0.3, -0.25) is 14.4 Å². The number of nitrogens with zero attached hydrogens (tertiary/aromatic N) is 1. The van der Waals surface area contributed by atoms with Gasteiger partial charge >= 0.3 is 0 Å². The molecule has 2 aromatic rings. The lowest BCUT2D eigenvalue weighted by atomic mass is 9.85. The van der Waals surface area contributed by atoms with E-state index >= 15 is 0 Å². The fourth-order valence-electron chi connectivity index (χ4n) is 4.90. The Kier molecular flexibility index (Phi) is 4.01. The van der Waals surface area contributed by atoms with E-state index in [9.17, 15) is 14.4 Å². The molecule has 1 aliphatic heterocycles. The zero-order valence-corrected chi connectivity index (χ0v) is 15.9. The molecule has 146 valence electrons. The van der Waals surface area contributed by atoms with E-state index in [4.69, 9.17) is 4.74 Å². The third-order valence-corrected chi connectivity index (χ3v) is 6.19. The summed E-state index contributed by atoms with van der Waals surface area (Å²) in [7, 11) is 1.56. The number of rotatable bonds is 4. The second kappa shape index (κ2) is 6.58. The summed E-state index contributed by atoms with van der Waals surface area (Å²) >= 11 is 0. The highest BCUT2D eigenvalue weighted by Gasteiger charge is 2.59. The summed E-state index contributed by atoms with van der Waals surface area (Å²) in [5, 5.41) is 2.83. The highest BCUT2D eigenvalue weighted by molar-refractivity contribution is 6.25. The van der Waals surface area contributed by atoms with Crippen LogP contribution in [0.3, 0.4) is 0 Å². The van der Waals surface area contributed by atoms with Crippen molar-refractivity contribution in [3.8, 4) is 5.75 Å². The van der Waals surface area contributed by atoms with Crippen molar-refractivity contribution in [2.45, 2.75) is 6.42 Å². The average molecular weight is 388 g/mol. The largest absolute Gasteiger partial charge is 0.497 e. The SMILES string of the molecule is COc1cccc(NC(=O)c2ccccc2N2C(=O)[C@@H]3[C@H](C2=O)[C@@H]2C=C[C@H]3C2)c1. The van der Waals surface area contributed by atoms with Crippen LogP contribution in [0.4, 0.5) is 11.4 Å². The number of anilines is 2. The zero-order valence-electron chi connectivity index (χ0n) is 15.9. The number of carbonyl (C=O) groups is 3. The van der Waals surface area contributed by atoms with Crippen molar-refractivity contribution in [3.63, 3.8) is 0 Å². The summed E-state index contributed by atoms with van der Waals surface area (Å²) in [5.41, 5.74) is 1.20. The number of ether oxygens (including phenoxy) is 1. The van der Waals surface area contributed by atoms with Crippen molar-refractivity contribution in [2.24, 2.45) is 23.7 Å². The summed E-state index contributed by atoms with van der Waals surface area (Å²) in [5.74, 6) is -0.492. The normalized spacial score (nSPS) is 26.7. The quantitative estimate of drug-likeness (QED) is 0.644. The third kappa shape index (κ3) is 2.67. The summed E-state index contributed by atoms with van der Waals surface area (Å²) in [6.07, 6.45) is 4.99. The summed E-state index contributed by atoms with van der Waals surface area (Å²) in [6, 6.07) is 13.8. The minimum atomic E-state index is -0.382. The number of hydrogen-bond acceptors (Lipinski definition) is 4.